The van der Waals surface area contributed by atoms with Gasteiger partial charge in [0.05, 0.1) is 26.7 Å². The number of rotatable bonds is 4. The molecule has 20 heavy (non-hydrogen) atoms. The van der Waals surface area contributed by atoms with Crippen LogP contribution in [0.25, 0.3) is 10.2 Å². The van der Waals surface area contributed by atoms with Gasteiger partial charge in [-0.15, -0.1) is 21.5 Å². The summed E-state index contributed by atoms with van der Waals surface area (Å²) in [5, 5.41) is 28.2. The summed E-state index contributed by atoms with van der Waals surface area (Å²) in [6.07, 6.45) is 0. The maximum atomic E-state index is 11.1. The number of nitrogens with one attached hydrogen (secondary N) is 2. The van der Waals surface area contributed by atoms with Gasteiger partial charge in [0.15, 0.2) is 5.82 Å². The smallest absolute Gasteiger partial charge is 0.293 e. The average Bonchev–Trinajstić information content (AvgIpc) is 3.02. The van der Waals surface area contributed by atoms with Crippen LogP contribution in [0.15, 0.2) is 12.1 Å². The number of nitro groups is 1. The first kappa shape index (κ1) is 12.4. The van der Waals surface area contributed by atoms with Gasteiger partial charge in [-0.1, -0.05) is 5.21 Å². The van der Waals surface area contributed by atoms with Crippen molar-refractivity contribution in [2.45, 2.75) is 13.5 Å². The van der Waals surface area contributed by atoms with E-state index in [0.717, 1.165) is 15.2 Å². The summed E-state index contributed by atoms with van der Waals surface area (Å²) in [7, 11) is 0. The second-order valence-corrected chi connectivity index (χ2v) is 5.24. The van der Waals surface area contributed by atoms with E-state index in [-0.39, 0.29) is 12.2 Å². The molecule has 0 amide bonds. The predicted molar refractivity (Wildman–Crippen MR) is 72.5 cm³/mol. The first-order chi connectivity index (χ1) is 9.63. The van der Waals surface area contributed by atoms with Gasteiger partial charge < -0.3 is 5.32 Å². The standard InChI is InChI=1S/C10H9N7O2S/c1-5-12-7-2-6(11-4-10-13-15-16-14-10)8(17(18)19)3-9(7)20-5/h2-3,11H,4H2,1H3,(H,13,14,15,16). The molecule has 0 bridgehead atoms. The number of nitro benzene ring substituents is 1. The lowest BCUT2D eigenvalue weighted by Crippen LogP contribution is -2.04. The minimum atomic E-state index is -0.424. The van der Waals surface area contributed by atoms with E-state index in [1.165, 1.54) is 17.4 Å². The maximum absolute atomic E-state index is 11.1. The van der Waals surface area contributed by atoms with E-state index in [1.807, 2.05) is 6.92 Å². The van der Waals surface area contributed by atoms with Crippen molar-refractivity contribution in [3.63, 3.8) is 0 Å². The number of nitrogens with zero attached hydrogens (tertiary/aromatic N) is 5. The maximum Gasteiger partial charge on any atom is 0.293 e. The van der Waals surface area contributed by atoms with Crippen molar-refractivity contribution in [3.8, 4) is 0 Å². The molecule has 9 nitrogen and oxygen atoms in total. The van der Waals surface area contributed by atoms with Crippen LogP contribution in [-0.2, 0) is 6.54 Å². The molecule has 2 N–H and O–H groups in total. The highest BCUT2D eigenvalue weighted by Crippen LogP contribution is 2.33. The topological polar surface area (TPSA) is 123 Å². The molecule has 0 aliphatic rings. The molecule has 102 valence electrons. The molecule has 2 aromatic heterocycles. The van der Waals surface area contributed by atoms with E-state index >= 15 is 0 Å². The van der Waals surface area contributed by atoms with Crippen LogP contribution in [0.4, 0.5) is 11.4 Å². The van der Waals surface area contributed by atoms with E-state index in [2.05, 4.69) is 30.9 Å². The average molecular weight is 291 g/mol. The molecule has 3 aromatic rings. The second kappa shape index (κ2) is 4.81. The van der Waals surface area contributed by atoms with Crippen molar-refractivity contribution in [1.29, 1.82) is 0 Å². The van der Waals surface area contributed by atoms with Gasteiger partial charge in [0.25, 0.3) is 5.69 Å². The van der Waals surface area contributed by atoms with Gasteiger partial charge in [-0.2, -0.15) is 5.21 Å². The van der Waals surface area contributed by atoms with E-state index in [0.29, 0.717) is 11.5 Å². The Kier molecular flexibility index (Phi) is 2.99. The zero-order chi connectivity index (χ0) is 14.1. The highest BCUT2D eigenvalue weighted by molar-refractivity contribution is 7.18. The summed E-state index contributed by atoms with van der Waals surface area (Å²) >= 11 is 1.43. The van der Waals surface area contributed by atoms with E-state index < -0.39 is 4.92 Å². The van der Waals surface area contributed by atoms with Gasteiger partial charge in [0.1, 0.15) is 5.69 Å². The Bertz CT molecular complexity index is 767. The molecule has 0 saturated carbocycles. The molecular formula is C10H9N7O2S. The lowest BCUT2D eigenvalue weighted by atomic mass is 10.2. The van der Waals surface area contributed by atoms with E-state index in [4.69, 9.17) is 0 Å². The Balaban J connectivity index is 1.98. The number of aromatic amines is 1. The fourth-order valence-corrected chi connectivity index (χ4v) is 2.64. The largest absolute Gasteiger partial charge is 0.372 e. The van der Waals surface area contributed by atoms with Gasteiger partial charge in [0, 0.05) is 6.07 Å². The van der Waals surface area contributed by atoms with Crippen LogP contribution in [0, 0.1) is 17.0 Å². The number of aryl methyl sites for hydroxylation is 1. The van der Waals surface area contributed by atoms with Crippen molar-refractivity contribution in [2.24, 2.45) is 0 Å². The summed E-state index contributed by atoms with van der Waals surface area (Å²) in [4.78, 5) is 15.0. The van der Waals surface area contributed by atoms with Gasteiger partial charge in [-0.25, -0.2) is 4.98 Å². The highest BCUT2D eigenvalue weighted by atomic mass is 32.1. The minimum absolute atomic E-state index is 0.00430. The van der Waals surface area contributed by atoms with Crippen molar-refractivity contribution in [2.75, 3.05) is 5.32 Å². The van der Waals surface area contributed by atoms with E-state index in [1.54, 1.807) is 6.07 Å². The second-order valence-electron chi connectivity index (χ2n) is 4.01. The van der Waals surface area contributed by atoms with Crippen LogP contribution in [0.5, 0.6) is 0 Å². The Labute approximate surface area is 116 Å². The van der Waals surface area contributed by atoms with Crippen LogP contribution < -0.4 is 5.32 Å². The molecule has 0 radical (unpaired) electrons. The molecule has 0 saturated heterocycles. The number of hydrogen-bond acceptors (Lipinski definition) is 8. The molecule has 0 fully saturated rings. The van der Waals surface area contributed by atoms with Crippen molar-refractivity contribution in [3.05, 3.63) is 33.1 Å². The molecule has 0 aliphatic carbocycles. The quantitative estimate of drug-likeness (QED) is 0.553. The lowest BCUT2D eigenvalue weighted by Gasteiger charge is -2.04. The monoisotopic (exact) mass is 291 g/mol. The molecule has 10 heteroatoms. The number of benzene rings is 1. The first-order valence-electron chi connectivity index (χ1n) is 5.65. The molecule has 3 rings (SSSR count). The first-order valence-corrected chi connectivity index (χ1v) is 6.47. The zero-order valence-electron chi connectivity index (χ0n) is 10.3. The Morgan fingerprint density at radius 2 is 2.35 bits per heavy atom. The molecule has 0 aliphatic heterocycles. The number of fused-ring (bicyclic) bond motifs is 1. The summed E-state index contributed by atoms with van der Waals surface area (Å²) < 4.78 is 0.791. The van der Waals surface area contributed by atoms with Crippen molar-refractivity contribution in [1.82, 2.24) is 25.6 Å². The number of thiazole rings is 1. The van der Waals surface area contributed by atoms with Crippen LogP contribution in [0.3, 0.4) is 0 Å². The molecular weight excluding hydrogens is 282 g/mol. The van der Waals surface area contributed by atoms with Gasteiger partial charge in [0.2, 0.25) is 0 Å². The fourth-order valence-electron chi connectivity index (χ4n) is 1.80. The third-order valence-corrected chi connectivity index (χ3v) is 3.57. The summed E-state index contributed by atoms with van der Waals surface area (Å²) in [6, 6.07) is 3.19. The fraction of sp³-hybridized carbons (Fsp3) is 0.200. The van der Waals surface area contributed by atoms with Crippen molar-refractivity contribution >= 4 is 32.9 Å². The molecule has 2 heterocycles. The normalized spacial score (nSPS) is 10.8. The lowest BCUT2D eigenvalue weighted by molar-refractivity contribution is -0.383. The third-order valence-electron chi connectivity index (χ3n) is 2.64. The summed E-state index contributed by atoms with van der Waals surface area (Å²) in [6.45, 7) is 2.11. The zero-order valence-corrected chi connectivity index (χ0v) is 11.1. The van der Waals surface area contributed by atoms with Crippen LogP contribution in [0.2, 0.25) is 0 Å². The van der Waals surface area contributed by atoms with Gasteiger partial charge in [-0.3, -0.25) is 10.1 Å². The number of hydrogen-bond donors (Lipinski definition) is 2. The summed E-state index contributed by atoms with van der Waals surface area (Å²) in [5.74, 6) is 0.425. The molecule has 0 atom stereocenters. The number of tetrazole rings is 1. The minimum Gasteiger partial charge on any atom is -0.372 e. The number of aromatic nitrogens is 5. The van der Waals surface area contributed by atoms with Crippen molar-refractivity contribution < 1.29 is 4.92 Å². The molecule has 0 spiro atoms. The molecule has 0 unspecified atom stereocenters. The van der Waals surface area contributed by atoms with Gasteiger partial charge >= 0.3 is 0 Å². The number of H-pyrrole nitrogens is 1. The Morgan fingerprint density at radius 3 is 3.05 bits per heavy atom. The van der Waals surface area contributed by atoms with Gasteiger partial charge in [-0.05, 0) is 13.0 Å². The Hall–Kier alpha value is -2.62. The summed E-state index contributed by atoms with van der Waals surface area (Å²) in [5.41, 5.74) is 1.12. The third kappa shape index (κ3) is 2.28. The van der Waals surface area contributed by atoms with Crippen LogP contribution in [0.1, 0.15) is 10.8 Å². The van der Waals surface area contributed by atoms with Crippen LogP contribution >= 0.6 is 11.3 Å². The highest BCUT2D eigenvalue weighted by Gasteiger charge is 2.17. The molecule has 1 aromatic carbocycles. The SMILES string of the molecule is Cc1nc2cc(NCc3nn[nH]n3)c([N+](=O)[O-])cc2s1. The van der Waals surface area contributed by atoms with E-state index in [9.17, 15) is 10.1 Å². The predicted octanol–water partition coefficient (Wildman–Crippen LogP) is 1.64. The Morgan fingerprint density at radius 1 is 1.50 bits per heavy atom. The number of anilines is 1. The van der Waals surface area contributed by atoms with Crippen LogP contribution in [-0.4, -0.2) is 30.5 Å².